The van der Waals surface area contributed by atoms with E-state index < -0.39 is 0 Å². The zero-order chi connectivity index (χ0) is 15.5. The molecule has 0 amide bonds. The first-order valence-corrected chi connectivity index (χ1v) is 5.83. The monoisotopic (exact) mass is 293 g/mol. The lowest BCUT2D eigenvalue weighted by Crippen LogP contribution is -2.12. The summed E-state index contributed by atoms with van der Waals surface area (Å²) in [5, 5.41) is 25.9. The largest absolute Gasteiger partial charge is 0.368 e. The molecule has 0 aliphatic rings. The summed E-state index contributed by atoms with van der Waals surface area (Å²) in [6.07, 6.45) is 10.6. The highest BCUT2D eigenvalue weighted by atomic mass is 15.5. The molecule has 3 heterocycles. The maximum atomic E-state index is 5.64. The first-order valence-electron chi connectivity index (χ1n) is 5.83. The summed E-state index contributed by atoms with van der Waals surface area (Å²) in [6, 6.07) is 0. The van der Waals surface area contributed by atoms with Crippen LogP contribution in [0.4, 0.5) is 5.95 Å². The van der Waals surface area contributed by atoms with Crippen LogP contribution in [-0.4, -0.2) is 50.3 Å². The number of H-pyrrole nitrogens is 1. The number of rotatable bonds is 3. The Morgan fingerprint density at radius 1 is 1.05 bits per heavy atom. The maximum absolute atomic E-state index is 5.64. The zero-order valence-corrected chi connectivity index (χ0v) is 11.0. The second-order valence-electron chi connectivity index (χ2n) is 3.89. The van der Waals surface area contributed by atoms with E-state index in [0.717, 1.165) is 4.68 Å². The van der Waals surface area contributed by atoms with Crippen LogP contribution in [-0.2, 0) is 6.42 Å². The summed E-state index contributed by atoms with van der Waals surface area (Å²) < 4.78 is 1.14. The number of anilines is 1. The minimum Gasteiger partial charge on any atom is -0.368 e. The second-order valence-corrected chi connectivity index (χ2v) is 3.89. The van der Waals surface area contributed by atoms with Crippen LogP contribution in [0.2, 0.25) is 0 Å². The molecule has 0 bridgehead atoms. The predicted octanol–water partition coefficient (Wildman–Crippen LogP) is -1.90. The minimum atomic E-state index is 0.0388. The Bertz CT molecular complexity index is 890. The summed E-state index contributed by atoms with van der Waals surface area (Å²) in [5.41, 5.74) is 5.64. The third kappa shape index (κ3) is 2.41. The third-order valence-electron chi connectivity index (χ3n) is 2.45. The molecule has 106 valence electrons. The molecule has 22 heavy (non-hydrogen) atoms. The molecule has 0 fully saturated rings. The number of nitrogen functional groups attached to an aromatic ring is 1. The van der Waals surface area contributed by atoms with Crippen molar-refractivity contribution in [2.24, 2.45) is 0 Å². The van der Waals surface area contributed by atoms with Gasteiger partial charge in [0.25, 0.3) is 5.95 Å². The Kier molecular flexibility index (Phi) is 3.14. The quantitative estimate of drug-likeness (QED) is 0.528. The molecule has 0 saturated heterocycles. The summed E-state index contributed by atoms with van der Waals surface area (Å²) in [5.74, 6) is 5.85. The lowest BCUT2D eigenvalue weighted by Gasteiger charge is -1.98. The van der Waals surface area contributed by atoms with Crippen molar-refractivity contribution in [2.75, 3.05) is 5.73 Å². The molecule has 0 aromatic carbocycles. The van der Waals surface area contributed by atoms with E-state index in [2.05, 4.69) is 57.5 Å². The molecule has 0 atom stereocenters. The fourth-order valence-corrected chi connectivity index (χ4v) is 1.51. The number of hydrogen-bond donors (Lipinski definition) is 2. The van der Waals surface area contributed by atoms with Gasteiger partial charge in [-0.3, -0.25) is 5.10 Å². The van der Waals surface area contributed by atoms with Crippen LogP contribution in [0.15, 0.2) is 0 Å². The lowest BCUT2D eigenvalue weighted by atomic mass is 10.4. The van der Waals surface area contributed by atoms with Crippen LogP contribution in [0, 0.1) is 24.7 Å². The molecule has 3 aromatic rings. The van der Waals surface area contributed by atoms with Gasteiger partial charge in [0.05, 0.1) is 6.42 Å². The van der Waals surface area contributed by atoms with E-state index in [4.69, 9.17) is 18.6 Å². The molecular formula is C11H7N11. The Labute approximate surface area is 123 Å². The van der Waals surface area contributed by atoms with Crippen LogP contribution in [0.5, 0.6) is 0 Å². The fourth-order valence-electron chi connectivity index (χ4n) is 1.51. The summed E-state index contributed by atoms with van der Waals surface area (Å²) in [6.45, 7) is 0. The molecule has 0 radical (unpaired) electrons. The summed E-state index contributed by atoms with van der Waals surface area (Å²) in [4.78, 5) is 7.85. The number of aromatic nitrogens is 10. The molecular weight excluding hydrogens is 286 g/mol. The standard InChI is InChI=1S/C11H7N11/c1-3-6-13-8(16-15-6)5-9-17-19-11(20-18-9)22-10(12)14-7(4-2)21-22/h1-2H,5H2,(H2,12,14,21)(H,13,15,16). The van der Waals surface area contributed by atoms with E-state index in [9.17, 15) is 0 Å². The summed E-state index contributed by atoms with van der Waals surface area (Å²) in [7, 11) is 0. The van der Waals surface area contributed by atoms with Gasteiger partial charge in [0.1, 0.15) is 0 Å². The average molecular weight is 293 g/mol. The van der Waals surface area contributed by atoms with Gasteiger partial charge in [-0.2, -0.15) is 14.8 Å². The van der Waals surface area contributed by atoms with E-state index >= 15 is 0 Å². The minimum absolute atomic E-state index is 0.0388. The number of terminal acetylenes is 2. The number of aromatic amines is 1. The lowest BCUT2D eigenvalue weighted by molar-refractivity contribution is 0.694. The smallest absolute Gasteiger partial charge is 0.292 e. The molecule has 3 aromatic heterocycles. The second kappa shape index (κ2) is 5.26. The topological polar surface area (TPSA) is 150 Å². The van der Waals surface area contributed by atoms with Crippen molar-refractivity contribution in [3.05, 3.63) is 23.3 Å². The Morgan fingerprint density at radius 3 is 2.41 bits per heavy atom. The van der Waals surface area contributed by atoms with Crippen molar-refractivity contribution in [3.8, 4) is 30.6 Å². The Balaban J connectivity index is 1.82. The van der Waals surface area contributed by atoms with Crippen molar-refractivity contribution < 1.29 is 0 Å². The van der Waals surface area contributed by atoms with Crippen molar-refractivity contribution in [1.82, 2.24) is 50.3 Å². The SMILES string of the molecule is C#Cc1nc(N)n(-c2nnc(Cc3n[nH]c(C#C)n3)nn2)n1. The maximum Gasteiger partial charge on any atom is 0.292 e. The van der Waals surface area contributed by atoms with E-state index in [-0.39, 0.29) is 24.1 Å². The van der Waals surface area contributed by atoms with Gasteiger partial charge >= 0.3 is 0 Å². The Morgan fingerprint density at radius 2 is 1.82 bits per heavy atom. The normalized spacial score (nSPS) is 10.1. The van der Waals surface area contributed by atoms with Crippen LogP contribution < -0.4 is 5.73 Å². The van der Waals surface area contributed by atoms with Crippen molar-refractivity contribution in [3.63, 3.8) is 0 Å². The van der Waals surface area contributed by atoms with Gasteiger partial charge < -0.3 is 5.73 Å². The molecule has 3 rings (SSSR count). The Hall–Kier alpha value is -3.86. The van der Waals surface area contributed by atoms with E-state index in [1.165, 1.54) is 0 Å². The molecule has 0 unspecified atom stereocenters. The predicted molar refractivity (Wildman–Crippen MR) is 72.0 cm³/mol. The van der Waals surface area contributed by atoms with Crippen LogP contribution >= 0.6 is 0 Å². The number of hydrogen-bond acceptors (Lipinski definition) is 9. The van der Waals surface area contributed by atoms with Gasteiger partial charge in [-0.1, -0.05) is 0 Å². The molecule has 0 aliphatic carbocycles. The van der Waals surface area contributed by atoms with E-state index in [1.807, 2.05) is 0 Å². The highest BCUT2D eigenvalue weighted by Crippen LogP contribution is 2.05. The van der Waals surface area contributed by atoms with Gasteiger partial charge in [-0.05, 0) is 11.8 Å². The summed E-state index contributed by atoms with van der Waals surface area (Å²) >= 11 is 0. The van der Waals surface area contributed by atoms with Gasteiger partial charge in [-0.25, -0.2) is 4.98 Å². The fraction of sp³-hybridized carbons (Fsp3) is 0.0909. The number of nitrogens with one attached hydrogen (secondary N) is 1. The first-order chi connectivity index (χ1) is 10.7. The average Bonchev–Trinajstić information content (AvgIpc) is 3.14. The van der Waals surface area contributed by atoms with Crippen LogP contribution in [0.3, 0.4) is 0 Å². The van der Waals surface area contributed by atoms with Crippen LogP contribution in [0.25, 0.3) is 5.95 Å². The van der Waals surface area contributed by atoms with Gasteiger partial charge in [0, 0.05) is 0 Å². The molecule has 0 aliphatic heterocycles. The van der Waals surface area contributed by atoms with Gasteiger partial charge in [-0.15, -0.1) is 38.3 Å². The first kappa shape index (κ1) is 13.1. The highest BCUT2D eigenvalue weighted by Gasteiger charge is 2.12. The van der Waals surface area contributed by atoms with E-state index in [1.54, 1.807) is 0 Å². The molecule has 0 spiro atoms. The molecule has 3 N–H and O–H groups in total. The highest BCUT2D eigenvalue weighted by molar-refractivity contribution is 5.29. The van der Waals surface area contributed by atoms with Gasteiger partial charge in [0.15, 0.2) is 11.6 Å². The number of nitrogens with two attached hydrogens (primary N) is 1. The third-order valence-corrected chi connectivity index (χ3v) is 2.45. The molecule has 11 nitrogen and oxygen atoms in total. The zero-order valence-electron chi connectivity index (χ0n) is 11.0. The van der Waals surface area contributed by atoms with Crippen molar-refractivity contribution in [2.45, 2.75) is 6.42 Å². The number of nitrogens with zero attached hydrogens (tertiary/aromatic N) is 9. The van der Waals surface area contributed by atoms with Gasteiger partial charge in [0.2, 0.25) is 17.6 Å². The van der Waals surface area contributed by atoms with E-state index in [0.29, 0.717) is 17.5 Å². The van der Waals surface area contributed by atoms with Crippen molar-refractivity contribution in [1.29, 1.82) is 0 Å². The van der Waals surface area contributed by atoms with Crippen molar-refractivity contribution >= 4 is 5.95 Å². The molecule has 11 heteroatoms. The van der Waals surface area contributed by atoms with Crippen LogP contribution in [0.1, 0.15) is 23.3 Å². The molecule has 0 saturated carbocycles.